The number of aromatic amines is 1. The number of hydrogen-bond acceptors (Lipinski definition) is 2. The van der Waals surface area contributed by atoms with E-state index in [1.165, 1.54) is 25.7 Å². The third kappa shape index (κ3) is 3.92. The van der Waals surface area contributed by atoms with E-state index in [1.807, 2.05) is 24.3 Å². The molecule has 124 valence electrons. The summed E-state index contributed by atoms with van der Waals surface area (Å²) in [5.41, 5.74) is 1.97. The van der Waals surface area contributed by atoms with Crippen LogP contribution in [-0.2, 0) is 4.79 Å². The van der Waals surface area contributed by atoms with E-state index in [1.54, 1.807) is 0 Å². The van der Waals surface area contributed by atoms with Crippen LogP contribution < -0.4 is 5.32 Å². The largest absolute Gasteiger partial charge is 0.346 e. The minimum atomic E-state index is -0.0570. The van der Waals surface area contributed by atoms with E-state index >= 15 is 0 Å². The minimum Gasteiger partial charge on any atom is -0.346 e. The number of carbonyl (C=O) groups is 1. The minimum absolute atomic E-state index is 0.0570. The van der Waals surface area contributed by atoms with Gasteiger partial charge in [0.15, 0.2) is 0 Å². The lowest BCUT2D eigenvalue weighted by Gasteiger charge is -2.20. The molecule has 4 heteroatoms. The monoisotopic (exact) mass is 313 g/mol. The Bertz CT molecular complexity index is 622. The highest BCUT2D eigenvalue weighted by atomic mass is 16.1. The van der Waals surface area contributed by atoms with Crippen molar-refractivity contribution < 1.29 is 4.79 Å². The van der Waals surface area contributed by atoms with Gasteiger partial charge in [0.05, 0.1) is 17.1 Å². The zero-order chi connectivity index (χ0) is 16.2. The molecule has 23 heavy (non-hydrogen) atoms. The predicted molar refractivity (Wildman–Crippen MR) is 93.0 cm³/mol. The number of nitrogens with zero attached hydrogens (tertiary/aromatic N) is 1. The van der Waals surface area contributed by atoms with Crippen molar-refractivity contribution in [3.05, 3.63) is 30.1 Å². The Morgan fingerprint density at radius 1 is 1.30 bits per heavy atom. The van der Waals surface area contributed by atoms with Crippen LogP contribution >= 0.6 is 0 Å². The third-order valence-corrected chi connectivity index (χ3v) is 4.94. The zero-order valence-corrected chi connectivity index (χ0v) is 14.1. The Morgan fingerprint density at radius 3 is 2.74 bits per heavy atom. The van der Waals surface area contributed by atoms with Crippen molar-refractivity contribution in [3.63, 3.8) is 0 Å². The molecular formula is C19H27N3O. The molecule has 1 fully saturated rings. The maximum Gasteiger partial charge on any atom is 0.220 e. The van der Waals surface area contributed by atoms with Crippen molar-refractivity contribution in [2.24, 2.45) is 11.8 Å². The molecular weight excluding hydrogens is 286 g/mol. The number of benzene rings is 1. The van der Waals surface area contributed by atoms with Crippen LogP contribution in [0.4, 0.5) is 0 Å². The van der Waals surface area contributed by atoms with Crippen LogP contribution in [0.3, 0.4) is 0 Å². The maximum absolute atomic E-state index is 12.4. The van der Waals surface area contributed by atoms with Gasteiger partial charge in [-0.2, -0.15) is 0 Å². The molecule has 1 atom stereocenters. The second kappa shape index (κ2) is 7.16. The second-order valence-corrected chi connectivity index (χ2v) is 7.12. The summed E-state index contributed by atoms with van der Waals surface area (Å²) in [6, 6.07) is 7.94. The van der Waals surface area contributed by atoms with Gasteiger partial charge in [-0.1, -0.05) is 51.7 Å². The molecule has 1 unspecified atom stereocenters. The Labute approximate surface area is 138 Å². The van der Waals surface area contributed by atoms with Gasteiger partial charge < -0.3 is 10.3 Å². The van der Waals surface area contributed by atoms with E-state index in [4.69, 9.17) is 0 Å². The van der Waals surface area contributed by atoms with Gasteiger partial charge in [-0.15, -0.1) is 0 Å². The van der Waals surface area contributed by atoms with E-state index in [0.29, 0.717) is 12.3 Å². The molecule has 4 nitrogen and oxygen atoms in total. The highest BCUT2D eigenvalue weighted by Crippen LogP contribution is 2.29. The van der Waals surface area contributed by atoms with Crippen LogP contribution in [-0.4, -0.2) is 15.9 Å². The van der Waals surface area contributed by atoms with E-state index in [2.05, 4.69) is 29.1 Å². The molecule has 1 heterocycles. The molecule has 1 aromatic carbocycles. The number of nitrogens with one attached hydrogen (secondary N) is 2. The summed E-state index contributed by atoms with van der Waals surface area (Å²) < 4.78 is 0. The molecule has 3 rings (SSSR count). The summed E-state index contributed by atoms with van der Waals surface area (Å²) in [6.07, 6.45) is 6.92. The fourth-order valence-electron chi connectivity index (χ4n) is 3.55. The smallest absolute Gasteiger partial charge is 0.220 e. The van der Waals surface area contributed by atoms with Gasteiger partial charge in [0.2, 0.25) is 5.91 Å². The first-order valence-electron chi connectivity index (χ1n) is 8.87. The third-order valence-electron chi connectivity index (χ3n) is 4.94. The highest BCUT2D eigenvalue weighted by molar-refractivity contribution is 5.77. The molecule has 2 aromatic rings. The fraction of sp³-hybridized carbons (Fsp3) is 0.579. The number of imidazole rings is 1. The van der Waals surface area contributed by atoms with Gasteiger partial charge >= 0.3 is 0 Å². The summed E-state index contributed by atoms with van der Waals surface area (Å²) >= 11 is 0. The lowest BCUT2D eigenvalue weighted by molar-refractivity contribution is -0.122. The molecule has 1 amide bonds. The van der Waals surface area contributed by atoms with Gasteiger partial charge in [0.25, 0.3) is 0 Å². The van der Waals surface area contributed by atoms with Crippen molar-refractivity contribution in [1.29, 1.82) is 0 Å². The summed E-state index contributed by atoms with van der Waals surface area (Å²) in [4.78, 5) is 20.4. The van der Waals surface area contributed by atoms with Gasteiger partial charge in [0.1, 0.15) is 5.82 Å². The average Bonchev–Trinajstić information content (AvgIpc) is 3.19. The van der Waals surface area contributed by atoms with Crippen LogP contribution in [0.5, 0.6) is 0 Å². The van der Waals surface area contributed by atoms with Crippen LogP contribution in [0.1, 0.15) is 64.2 Å². The first-order chi connectivity index (χ1) is 11.1. The molecule has 2 N–H and O–H groups in total. The van der Waals surface area contributed by atoms with Crippen molar-refractivity contribution in [1.82, 2.24) is 15.3 Å². The second-order valence-electron chi connectivity index (χ2n) is 7.12. The summed E-state index contributed by atoms with van der Waals surface area (Å²) in [5, 5.41) is 3.18. The number of amides is 1. The molecule has 1 aliphatic rings. The van der Waals surface area contributed by atoms with E-state index in [0.717, 1.165) is 29.2 Å². The molecule has 0 aliphatic heterocycles. The van der Waals surface area contributed by atoms with Crippen LogP contribution in [0.2, 0.25) is 0 Å². The highest BCUT2D eigenvalue weighted by Gasteiger charge is 2.23. The first kappa shape index (κ1) is 16.0. The predicted octanol–water partition coefficient (Wildman–Crippen LogP) is 4.35. The van der Waals surface area contributed by atoms with Crippen molar-refractivity contribution in [3.8, 4) is 0 Å². The lowest BCUT2D eigenvalue weighted by atomic mass is 10.0. The molecule has 0 saturated heterocycles. The zero-order valence-electron chi connectivity index (χ0n) is 14.1. The topological polar surface area (TPSA) is 57.8 Å². The Hall–Kier alpha value is -1.84. The van der Waals surface area contributed by atoms with E-state index in [9.17, 15) is 4.79 Å². The van der Waals surface area contributed by atoms with E-state index in [-0.39, 0.29) is 11.9 Å². The Morgan fingerprint density at radius 2 is 2.04 bits per heavy atom. The van der Waals surface area contributed by atoms with Gasteiger partial charge in [-0.05, 0) is 30.4 Å². The number of carbonyl (C=O) groups excluding carboxylic acids is 1. The Kier molecular flexibility index (Phi) is 4.99. The average molecular weight is 313 g/mol. The number of rotatable bonds is 6. The number of para-hydroxylation sites is 2. The van der Waals surface area contributed by atoms with Gasteiger partial charge in [-0.3, -0.25) is 4.79 Å². The van der Waals surface area contributed by atoms with Gasteiger partial charge in [-0.25, -0.2) is 4.98 Å². The maximum atomic E-state index is 12.4. The molecule has 0 spiro atoms. The fourth-order valence-corrected chi connectivity index (χ4v) is 3.55. The molecule has 1 saturated carbocycles. The van der Waals surface area contributed by atoms with Gasteiger partial charge in [0, 0.05) is 6.42 Å². The Balaban J connectivity index is 1.64. The van der Waals surface area contributed by atoms with Crippen LogP contribution in [0.15, 0.2) is 24.3 Å². The summed E-state index contributed by atoms with van der Waals surface area (Å²) in [5.74, 6) is 2.06. The standard InChI is InChI=1S/C19H27N3O/c1-13(2)18(19-20-15-9-5-6-10-16(15)21-19)22-17(23)12-11-14-7-3-4-8-14/h5-6,9-10,13-14,18H,3-4,7-8,11-12H2,1-2H3,(H,20,21)(H,22,23). The van der Waals surface area contributed by atoms with E-state index < -0.39 is 0 Å². The molecule has 0 radical (unpaired) electrons. The quantitative estimate of drug-likeness (QED) is 0.833. The summed E-state index contributed by atoms with van der Waals surface area (Å²) in [6.45, 7) is 4.24. The number of fused-ring (bicyclic) bond motifs is 1. The molecule has 1 aromatic heterocycles. The van der Waals surface area contributed by atoms with Crippen molar-refractivity contribution >= 4 is 16.9 Å². The SMILES string of the molecule is CC(C)C(NC(=O)CCC1CCCC1)c1nc2ccccc2[nH]1. The number of hydrogen-bond donors (Lipinski definition) is 2. The van der Waals surface area contributed by atoms with Crippen molar-refractivity contribution in [2.45, 2.75) is 58.4 Å². The van der Waals surface area contributed by atoms with Crippen molar-refractivity contribution in [2.75, 3.05) is 0 Å². The first-order valence-corrected chi connectivity index (χ1v) is 8.87. The lowest BCUT2D eigenvalue weighted by Crippen LogP contribution is -2.32. The molecule has 1 aliphatic carbocycles. The van der Waals surface area contributed by atoms with Crippen LogP contribution in [0, 0.1) is 11.8 Å². The summed E-state index contributed by atoms with van der Waals surface area (Å²) in [7, 11) is 0. The molecule has 0 bridgehead atoms. The number of H-pyrrole nitrogens is 1. The normalized spacial score (nSPS) is 17.0. The number of aromatic nitrogens is 2. The van der Waals surface area contributed by atoms with Crippen LogP contribution in [0.25, 0.3) is 11.0 Å².